The Balaban J connectivity index is 0.00000142. The van der Waals surface area contributed by atoms with E-state index in [1.54, 1.807) is 47.6 Å². The largest absolute Gasteiger partial charge is 0.481 e. The minimum absolute atomic E-state index is 0.0555. The molecule has 0 aromatic rings. The number of carbonyl (C=O) groups is 8. The Morgan fingerprint density at radius 3 is 1.28 bits per heavy atom. The third-order valence-corrected chi connectivity index (χ3v) is 25.1. The van der Waals surface area contributed by atoms with Gasteiger partial charge in [-0.3, -0.25) is 48.4 Å². The molecule has 504 valence electrons. The van der Waals surface area contributed by atoms with Crippen LogP contribution in [0.5, 0.6) is 0 Å². The molecule has 0 bridgehead atoms. The van der Waals surface area contributed by atoms with Gasteiger partial charge in [0.1, 0.15) is 43.5 Å². The normalized spacial score (nSPS) is 18.9. The van der Waals surface area contributed by atoms with Gasteiger partial charge < -0.3 is 43.9 Å². The maximum atomic E-state index is 13.3. The molecule has 2 aliphatic rings. The first kappa shape index (κ1) is 84.2. The van der Waals surface area contributed by atoms with E-state index in [1.807, 2.05) is 6.08 Å². The predicted molar refractivity (Wildman–Crippen MR) is 348 cm³/mol. The molecule has 10 atom stereocenters. The van der Waals surface area contributed by atoms with Crippen molar-refractivity contribution in [3.63, 3.8) is 0 Å². The molecule has 0 spiro atoms. The molecule has 2 aliphatic heterocycles. The van der Waals surface area contributed by atoms with Crippen LogP contribution in [-0.4, -0.2) is 167 Å². The highest BCUT2D eigenvalue weighted by Gasteiger charge is 2.44. The first-order valence-electron chi connectivity index (χ1n) is 29.5. The molecule has 2 rings (SSSR count). The molecule has 0 unspecified atom stereocenters. The summed E-state index contributed by atoms with van der Waals surface area (Å²) in [4.78, 5) is 99.6. The minimum Gasteiger partial charge on any atom is -0.481 e. The molecule has 21 nitrogen and oxygen atoms in total. The van der Waals surface area contributed by atoms with E-state index < -0.39 is 139 Å². The van der Waals surface area contributed by atoms with Crippen LogP contribution in [-0.2, 0) is 61.4 Å². The number of carbonyl (C=O) groups excluding carboxylic acids is 7. The summed E-state index contributed by atoms with van der Waals surface area (Å²) in [6.07, 6.45) is 5.37. The first-order chi connectivity index (χ1) is 39.6. The molecule has 0 aliphatic carbocycles. The number of hydrogen-bond donors (Lipinski definition) is 6. The second-order valence-corrected chi connectivity index (χ2v) is 40.3. The van der Waals surface area contributed by atoms with Gasteiger partial charge in [-0.05, 0) is 127 Å². The van der Waals surface area contributed by atoms with Gasteiger partial charge in [-0.2, -0.15) is 0 Å². The number of hydrazine groups is 2. The number of halogens is 6. The van der Waals surface area contributed by atoms with Gasteiger partial charge >= 0.3 is 23.9 Å². The van der Waals surface area contributed by atoms with E-state index in [1.165, 1.54) is 23.9 Å². The molecule has 2 fully saturated rings. The summed E-state index contributed by atoms with van der Waals surface area (Å²) in [6, 6.07) is -3.43. The summed E-state index contributed by atoms with van der Waals surface area (Å²) in [5, 5.41) is 26.6. The molecular weight excluding hydrogens is 1290 g/mol. The molecule has 0 saturated carbocycles. The number of rotatable bonds is 27. The summed E-state index contributed by atoms with van der Waals surface area (Å²) in [6.45, 7) is 42.2. The molecule has 4 amide bonds. The molecule has 6 N–H and O–H groups in total. The van der Waals surface area contributed by atoms with Gasteiger partial charge in [0, 0.05) is 13.1 Å². The summed E-state index contributed by atoms with van der Waals surface area (Å²) in [5.74, 6) is -6.51. The van der Waals surface area contributed by atoms with Crippen LogP contribution in [0.2, 0.25) is 36.3 Å². The number of nitrogens with zero attached hydrogens (tertiary/aromatic N) is 2. The van der Waals surface area contributed by atoms with Crippen molar-refractivity contribution in [2.24, 2.45) is 23.7 Å². The third-order valence-electron chi connectivity index (χ3n) is 15.4. The quantitative estimate of drug-likeness (QED) is 0.0147. The van der Waals surface area contributed by atoms with Crippen LogP contribution in [0.3, 0.4) is 0 Å². The van der Waals surface area contributed by atoms with E-state index in [9.17, 15) is 43.5 Å². The number of aliphatic hydroxyl groups excluding tert-OH is 1. The van der Waals surface area contributed by atoms with E-state index in [2.05, 4.69) is 102 Å². The zero-order chi connectivity index (χ0) is 68.0. The molecule has 2 saturated heterocycles. The summed E-state index contributed by atoms with van der Waals surface area (Å²) in [5.41, 5.74) is 5.59. The summed E-state index contributed by atoms with van der Waals surface area (Å²) in [7, 11) is -4.13. The molecule has 0 aromatic heterocycles. The van der Waals surface area contributed by atoms with E-state index >= 15 is 0 Å². The molecular formula is C58H102Cl6N6O15Si2. The maximum Gasteiger partial charge on any atom is 0.325 e. The monoisotopic (exact) mass is 1390 g/mol. The Morgan fingerprint density at radius 2 is 0.966 bits per heavy atom. The van der Waals surface area contributed by atoms with Crippen LogP contribution < -0.4 is 21.5 Å². The van der Waals surface area contributed by atoms with Gasteiger partial charge in [-0.25, -0.2) is 10.9 Å². The number of carboxylic acids is 1. The van der Waals surface area contributed by atoms with Gasteiger partial charge in [-0.1, -0.05) is 151 Å². The Labute approximate surface area is 549 Å². The lowest BCUT2D eigenvalue weighted by molar-refractivity contribution is -0.165. The third kappa shape index (κ3) is 30.9. The molecule has 87 heavy (non-hydrogen) atoms. The van der Waals surface area contributed by atoms with Crippen LogP contribution in [0.25, 0.3) is 0 Å². The van der Waals surface area contributed by atoms with E-state index in [-0.39, 0.29) is 28.0 Å². The van der Waals surface area contributed by atoms with Crippen molar-refractivity contribution in [2.75, 3.05) is 26.3 Å². The zero-order valence-corrected chi connectivity index (χ0v) is 60.9. The fraction of sp³-hybridized carbons (Fsp3) is 0.793. The number of esters is 3. The van der Waals surface area contributed by atoms with Gasteiger partial charge in [-0.15, -0.1) is 13.2 Å². The van der Waals surface area contributed by atoms with Crippen molar-refractivity contribution < 1.29 is 71.6 Å². The lowest BCUT2D eigenvalue weighted by atomic mass is 10.00. The molecule has 2 heterocycles. The number of nitrogens with one attached hydrogen (secondary N) is 4. The highest BCUT2D eigenvalue weighted by Crippen LogP contribution is 2.40. The number of hydrogen-bond acceptors (Lipinski definition) is 16. The Bertz CT molecular complexity index is 2260. The second-order valence-electron chi connectivity index (χ2n) is 25.8. The summed E-state index contributed by atoms with van der Waals surface area (Å²) < 4.78 is 25.1. The standard InChI is InChI=1S/C29H50Cl3N3O7Si.C15H24Cl3N3O5.C14H28O3Si/c1-11-12-15-22(42-43(9,10)28(6,7)8)19(4)26(38)41-23(18(2)3)24(36)33-20(5)25(37)35-16-13-14-21(34-35)27(39)40-17-29(30,31)32;1-8(2)11(22)12(23)19-9(3)13(24)21-6-4-5-10(20-21)14(25)26-7-15(16,17)18;1-8-9-10-12(11(2)13(15)16)17-18(6,7)14(3,4)5/h11,18-23,34H,1,12-17H2,2-10H3,(H,33,36);8-11,20,22H,4-7H2,1-3H3,(H,19,23);8,11-12H,1,9-10H2,2-7H3,(H,15,16)/t19-,20+,21+,22-,23+;9-,10-,11-;11-,12-/m101/s1. The highest BCUT2D eigenvalue weighted by atomic mass is 35.6. The average molecular weight is 1390 g/mol. The minimum atomic E-state index is -2.20. The van der Waals surface area contributed by atoms with Crippen LogP contribution in [0.1, 0.15) is 148 Å². The van der Waals surface area contributed by atoms with E-state index in [4.69, 9.17) is 97.8 Å². The van der Waals surface area contributed by atoms with Crippen LogP contribution in [0.4, 0.5) is 0 Å². The second kappa shape index (κ2) is 37.7. The number of ether oxygens (including phenoxy) is 3. The number of amides is 4. The van der Waals surface area contributed by atoms with Crippen molar-refractivity contribution in [1.82, 2.24) is 31.5 Å². The Kier molecular flexibility index (Phi) is 36.5. The van der Waals surface area contributed by atoms with Crippen molar-refractivity contribution >= 4 is 134 Å². The van der Waals surface area contributed by atoms with Gasteiger partial charge in [0.25, 0.3) is 17.7 Å². The lowest BCUT2D eigenvalue weighted by Crippen LogP contribution is -2.60. The average Bonchev–Trinajstić information content (AvgIpc) is 1.93. The number of carboxylic acid groups (broad SMARTS) is 1. The molecule has 0 radical (unpaired) electrons. The Morgan fingerprint density at radius 1 is 0.609 bits per heavy atom. The van der Waals surface area contributed by atoms with Gasteiger partial charge in [0.2, 0.25) is 13.5 Å². The highest BCUT2D eigenvalue weighted by molar-refractivity contribution is 6.74. The SMILES string of the molecule is C=CCC[C@@H](O[Si](C)(C)C(C)(C)C)[C@@H](C)C(=O)O.C=CCC[C@@H](O[Si](C)(C)C(C)(C)C)[C@@H](C)C(=O)O[C@H](C(=O)N[C@@H](C)C(=O)N1CCC[C@@H](C(=O)OCC(Cl)(Cl)Cl)N1)C(C)C.CC(C)[C@H](O)C(=O)N[C@@H](C)C(=O)N1CCC[C@@H](C(=O)OCC(Cl)(Cl)Cl)N1. The fourth-order valence-electron chi connectivity index (χ4n) is 7.76. The van der Waals surface area contributed by atoms with Crippen molar-refractivity contribution in [3.05, 3.63) is 25.3 Å². The zero-order valence-electron chi connectivity index (χ0n) is 54.3. The predicted octanol–water partition coefficient (Wildman–Crippen LogP) is 10.4. The van der Waals surface area contributed by atoms with Crippen LogP contribution in [0, 0.1) is 23.7 Å². The summed E-state index contributed by atoms with van der Waals surface area (Å²) >= 11 is 33.6. The topological polar surface area (TPSA) is 278 Å². The lowest BCUT2D eigenvalue weighted by Gasteiger charge is -2.40. The Hall–Kier alpha value is -2.79. The molecule has 29 heteroatoms. The van der Waals surface area contributed by atoms with Crippen LogP contribution >= 0.6 is 69.6 Å². The fourth-order valence-corrected chi connectivity index (χ4v) is 10.9. The van der Waals surface area contributed by atoms with E-state index in [0.29, 0.717) is 51.6 Å². The van der Waals surface area contributed by atoms with Crippen molar-refractivity contribution in [3.8, 4) is 0 Å². The number of allylic oxidation sites excluding steroid dienone is 2. The van der Waals surface area contributed by atoms with Gasteiger partial charge in [0.15, 0.2) is 22.7 Å². The van der Waals surface area contributed by atoms with Gasteiger partial charge in [0.05, 0.1) is 24.0 Å². The number of aliphatic hydroxyl groups is 1. The molecule has 0 aromatic carbocycles. The number of aliphatic carboxylic acids is 1. The van der Waals surface area contributed by atoms with E-state index in [0.717, 1.165) is 12.8 Å². The smallest absolute Gasteiger partial charge is 0.325 e. The van der Waals surface area contributed by atoms with Crippen molar-refractivity contribution in [1.29, 1.82) is 0 Å². The number of alkyl halides is 6. The first-order valence-corrected chi connectivity index (χ1v) is 37.6. The van der Waals surface area contributed by atoms with Crippen LogP contribution in [0.15, 0.2) is 25.3 Å². The maximum absolute atomic E-state index is 13.3. The van der Waals surface area contributed by atoms with Crippen molar-refractivity contribution in [2.45, 2.75) is 241 Å².